The van der Waals surface area contributed by atoms with Crippen LogP contribution >= 0.6 is 0 Å². The first-order valence-corrected chi connectivity index (χ1v) is 8.91. The average molecular weight is 370 g/mol. The number of rotatable bonds is 5. The molecule has 0 unspecified atom stereocenters. The molecule has 0 spiro atoms. The van der Waals surface area contributed by atoms with Crippen LogP contribution in [0.1, 0.15) is 25.7 Å². The highest BCUT2D eigenvalue weighted by molar-refractivity contribution is 5.77. The summed E-state index contributed by atoms with van der Waals surface area (Å²) in [6, 6.07) is 12.9. The third-order valence-electron chi connectivity index (χ3n) is 4.73. The molecule has 27 heavy (non-hydrogen) atoms. The van der Waals surface area contributed by atoms with E-state index < -0.39 is 0 Å². The molecule has 142 valence electrons. The standard InChI is InChI=1S/C21H22O6/c1-25-17-10-12-19(13-11-17)27-21(24)15-4-2-14(3-5-15)20(23)26-18-8-6-16(22)7-9-18/h6-15,22H,2-5H2,1H3/t14-,15-. The smallest absolute Gasteiger partial charge is 0.314 e. The summed E-state index contributed by atoms with van der Waals surface area (Å²) in [7, 11) is 1.58. The highest BCUT2D eigenvalue weighted by Gasteiger charge is 2.32. The zero-order valence-electron chi connectivity index (χ0n) is 15.1. The van der Waals surface area contributed by atoms with E-state index in [2.05, 4.69) is 0 Å². The number of hydrogen-bond donors (Lipinski definition) is 1. The number of methoxy groups -OCH3 is 1. The van der Waals surface area contributed by atoms with Crippen LogP contribution in [-0.4, -0.2) is 24.2 Å². The van der Waals surface area contributed by atoms with E-state index in [1.807, 2.05) is 0 Å². The molecule has 1 aliphatic rings. The number of phenols is 1. The van der Waals surface area contributed by atoms with E-state index in [1.54, 1.807) is 43.5 Å². The van der Waals surface area contributed by atoms with Crippen LogP contribution in [0.25, 0.3) is 0 Å². The van der Waals surface area contributed by atoms with Crippen molar-refractivity contribution in [3.05, 3.63) is 48.5 Å². The molecule has 0 heterocycles. The van der Waals surface area contributed by atoms with Gasteiger partial charge in [0.25, 0.3) is 0 Å². The first kappa shape index (κ1) is 18.8. The SMILES string of the molecule is COc1ccc(OC(=O)[C@H]2CC[C@H](C(=O)Oc3ccc(O)cc3)CC2)cc1. The van der Waals surface area contributed by atoms with E-state index in [-0.39, 0.29) is 29.5 Å². The molecule has 0 bridgehead atoms. The van der Waals surface area contributed by atoms with Gasteiger partial charge in [-0.1, -0.05) is 0 Å². The van der Waals surface area contributed by atoms with Gasteiger partial charge < -0.3 is 19.3 Å². The fourth-order valence-corrected chi connectivity index (χ4v) is 3.12. The molecule has 0 aromatic heterocycles. The molecule has 0 aliphatic heterocycles. The van der Waals surface area contributed by atoms with E-state index in [4.69, 9.17) is 14.2 Å². The largest absolute Gasteiger partial charge is 0.508 e. The molecular weight excluding hydrogens is 348 g/mol. The molecule has 2 aromatic carbocycles. The molecule has 3 rings (SSSR count). The number of benzene rings is 2. The van der Waals surface area contributed by atoms with Gasteiger partial charge in [0.05, 0.1) is 18.9 Å². The van der Waals surface area contributed by atoms with E-state index >= 15 is 0 Å². The third-order valence-corrected chi connectivity index (χ3v) is 4.73. The zero-order valence-corrected chi connectivity index (χ0v) is 15.1. The van der Waals surface area contributed by atoms with E-state index in [0.717, 1.165) is 0 Å². The molecule has 2 aromatic rings. The van der Waals surface area contributed by atoms with Gasteiger partial charge in [0.15, 0.2) is 0 Å². The van der Waals surface area contributed by atoms with Crippen LogP contribution in [-0.2, 0) is 9.59 Å². The van der Waals surface area contributed by atoms with Gasteiger partial charge in [-0.25, -0.2) is 0 Å². The Kier molecular flexibility index (Phi) is 5.96. The molecule has 0 atom stereocenters. The lowest BCUT2D eigenvalue weighted by atomic mass is 9.82. The van der Waals surface area contributed by atoms with Gasteiger partial charge in [-0.2, -0.15) is 0 Å². The molecule has 1 aliphatic carbocycles. The van der Waals surface area contributed by atoms with Gasteiger partial charge in [-0.15, -0.1) is 0 Å². The van der Waals surface area contributed by atoms with Crippen molar-refractivity contribution >= 4 is 11.9 Å². The number of carbonyl (C=O) groups excluding carboxylic acids is 2. The van der Waals surface area contributed by atoms with Crippen molar-refractivity contribution in [3.8, 4) is 23.0 Å². The van der Waals surface area contributed by atoms with Crippen molar-refractivity contribution in [1.82, 2.24) is 0 Å². The second kappa shape index (κ2) is 8.58. The summed E-state index contributed by atoms with van der Waals surface area (Å²) < 4.78 is 15.8. The molecule has 1 saturated carbocycles. The van der Waals surface area contributed by atoms with Crippen molar-refractivity contribution in [1.29, 1.82) is 0 Å². The van der Waals surface area contributed by atoms with Crippen molar-refractivity contribution in [3.63, 3.8) is 0 Å². The van der Waals surface area contributed by atoms with Gasteiger partial charge in [0.1, 0.15) is 23.0 Å². The molecule has 0 saturated heterocycles. The summed E-state index contributed by atoms with van der Waals surface area (Å²) in [6.45, 7) is 0. The van der Waals surface area contributed by atoms with Crippen molar-refractivity contribution < 1.29 is 28.9 Å². The Morgan fingerprint density at radius 1 is 0.741 bits per heavy atom. The fraction of sp³-hybridized carbons (Fsp3) is 0.333. The van der Waals surface area contributed by atoms with E-state index in [1.165, 1.54) is 12.1 Å². The first-order chi connectivity index (χ1) is 13.0. The molecule has 0 radical (unpaired) electrons. The van der Waals surface area contributed by atoms with Crippen LogP contribution in [0, 0.1) is 11.8 Å². The number of hydrogen-bond acceptors (Lipinski definition) is 6. The highest BCUT2D eigenvalue weighted by atomic mass is 16.5. The van der Waals surface area contributed by atoms with Gasteiger partial charge in [-0.05, 0) is 74.2 Å². The third kappa shape index (κ3) is 5.00. The molecule has 0 amide bonds. The minimum absolute atomic E-state index is 0.116. The summed E-state index contributed by atoms with van der Waals surface area (Å²) in [5.41, 5.74) is 0. The quantitative estimate of drug-likeness (QED) is 0.638. The Bertz CT molecular complexity index is 773. The number of aromatic hydroxyl groups is 1. The van der Waals surface area contributed by atoms with Crippen LogP contribution in [0.5, 0.6) is 23.0 Å². The molecule has 1 N–H and O–H groups in total. The van der Waals surface area contributed by atoms with Crippen molar-refractivity contribution in [2.24, 2.45) is 11.8 Å². The second-order valence-electron chi connectivity index (χ2n) is 6.56. The monoisotopic (exact) mass is 370 g/mol. The van der Waals surface area contributed by atoms with E-state index in [9.17, 15) is 14.7 Å². The van der Waals surface area contributed by atoms with Crippen LogP contribution < -0.4 is 14.2 Å². The summed E-state index contributed by atoms with van der Waals surface area (Å²) in [6.07, 6.45) is 2.34. The van der Waals surface area contributed by atoms with Gasteiger partial charge >= 0.3 is 11.9 Å². The Hall–Kier alpha value is -3.02. The topological polar surface area (TPSA) is 82.1 Å². The Balaban J connectivity index is 1.47. The molecule has 6 heteroatoms. The lowest BCUT2D eigenvalue weighted by Gasteiger charge is -2.25. The minimum Gasteiger partial charge on any atom is -0.508 e. The maximum atomic E-state index is 12.3. The Morgan fingerprint density at radius 2 is 1.11 bits per heavy atom. The Morgan fingerprint density at radius 3 is 1.52 bits per heavy atom. The van der Waals surface area contributed by atoms with Crippen LogP contribution in [0.2, 0.25) is 0 Å². The predicted octanol–water partition coefficient (Wildman–Crippen LogP) is 3.72. The zero-order chi connectivity index (χ0) is 19.2. The van der Waals surface area contributed by atoms with Crippen molar-refractivity contribution in [2.45, 2.75) is 25.7 Å². The van der Waals surface area contributed by atoms with Gasteiger partial charge in [0.2, 0.25) is 0 Å². The minimum atomic E-state index is -0.303. The van der Waals surface area contributed by atoms with Gasteiger partial charge in [-0.3, -0.25) is 9.59 Å². The normalized spacial score (nSPS) is 19.1. The fourth-order valence-electron chi connectivity index (χ4n) is 3.12. The van der Waals surface area contributed by atoms with Crippen LogP contribution in [0.15, 0.2) is 48.5 Å². The maximum absolute atomic E-state index is 12.3. The first-order valence-electron chi connectivity index (χ1n) is 8.91. The summed E-state index contributed by atoms with van der Waals surface area (Å²) >= 11 is 0. The van der Waals surface area contributed by atoms with Crippen LogP contribution in [0.4, 0.5) is 0 Å². The maximum Gasteiger partial charge on any atom is 0.314 e. The molecular formula is C21H22O6. The lowest BCUT2D eigenvalue weighted by molar-refractivity contribution is -0.145. The molecule has 1 fully saturated rings. The summed E-state index contributed by atoms with van der Waals surface area (Å²) in [5, 5.41) is 9.26. The van der Waals surface area contributed by atoms with E-state index in [0.29, 0.717) is 42.9 Å². The van der Waals surface area contributed by atoms with Crippen molar-refractivity contribution in [2.75, 3.05) is 7.11 Å². The lowest BCUT2D eigenvalue weighted by Crippen LogP contribution is -2.30. The number of esters is 2. The highest BCUT2D eigenvalue weighted by Crippen LogP contribution is 2.31. The second-order valence-corrected chi connectivity index (χ2v) is 6.56. The average Bonchev–Trinajstić information content (AvgIpc) is 2.70. The summed E-state index contributed by atoms with van der Waals surface area (Å²) in [5.74, 6) is 0.670. The Labute approximate surface area is 157 Å². The van der Waals surface area contributed by atoms with Crippen LogP contribution in [0.3, 0.4) is 0 Å². The predicted molar refractivity (Wildman–Crippen MR) is 97.8 cm³/mol. The number of carbonyl (C=O) groups is 2. The molecule has 6 nitrogen and oxygen atoms in total. The number of phenolic OH excluding ortho intramolecular Hbond substituents is 1. The number of ether oxygens (including phenoxy) is 3. The van der Waals surface area contributed by atoms with Gasteiger partial charge in [0, 0.05) is 0 Å². The summed E-state index contributed by atoms with van der Waals surface area (Å²) in [4.78, 5) is 24.6.